The van der Waals surface area contributed by atoms with E-state index in [-0.39, 0.29) is 24.1 Å². The zero-order valence-electron chi connectivity index (χ0n) is 13.4. The molecule has 5 nitrogen and oxygen atoms in total. The SMILES string of the molecule is Cc1ccn(-c2ccc(F)cc2)c(=O)c1C(=O)N1CCC[C@H]1CO. The molecule has 1 aromatic carbocycles. The molecule has 126 valence electrons. The molecule has 3 rings (SSSR count). The number of aliphatic hydroxyl groups excluding tert-OH is 1. The first-order chi connectivity index (χ1) is 11.5. The van der Waals surface area contributed by atoms with Gasteiger partial charge in [-0.25, -0.2) is 4.39 Å². The lowest BCUT2D eigenvalue weighted by molar-refractivity contribution is 0.0674. The Morgan fingerprint density at radius 3 is 2.67 bits per heavy atom. The summed E-state index contributed by atoms with van der Waals surface area (Å²) in [6.45, 7) is 2.14. The number of likely N-dealkylation sites (tertiary alicyclic amines) is 1. The number of hydrogen-bond acceptors (Lipinski definition) is 3. The number of carbonyl (C=O) groups is 1. The van der Waals surface area contributed by atoms with Crippen molar-refractivity contribution in [3.05, 3.63) is 63.8 Å². The number of carbonyl (C=O) groups excluding carboxylic acids is 1. The van der Waals surface area contributed by atoms with Crippen molar-refractivity contribution in [1.29, 1.82) is 0 Å². The third kappa shape index (κ3) is 2.85. The van der Waals surface area contributed by atoms with Gasteiger partial charge in [0.15, 0.2) is 0 Å². The fourth-order valence-electron chi connectivity index (χ4n) is 3.13. The first-order valence-electron chi connectivity index (χ1n) is 7.93. The Hall–Kier alpha value is -2.47. The molecule has 1 aromatic heterocycles. The van der Waals surface area contributed by atoms with Gasteiger partial charge in [0.2, 0.25) is 0 Å². The average Bonchev–Trinajstić information content (AvgIpc) is 3.04. The quantitative estimate of drug-likeness (QED) is 0.935. The molecule has 1 aliphatic heterocycles. The van der Waals surface area contributed by atoms with Crippen LogP contribution in [0.1, 0.15) is 28.8 Å². The number of pyridine rings is 1. The van der Waals surface area contributed by atoms with Crippen LogP contribution in [0.3, 0.4) is 0 Å². The maximum absolute atomic E-state index is 13.1. The second kappa shape index (κ2) is 6.57. The summed E-state index contributed by atoms with van der Waals surface area (Å²) in [4.78, 5) is 27.2. The molecule has 0 saturated carbocycles. The molecule has 24 heavy (non-hydrogen) atoms. The summed E-state index contributed by atoms with van der Waals surface area (Å²) in [6, 6.07) is 6.98. The number of amides is 1. The fourth-order valence-corrected chi connectivity index (χ4v) is 3.13. The molecule has 0 bridgehead atoms. The van der Waals surface area contributed by atoms with E-state index in [1.54, 1.807) is 24.1 Å². The topological polar surface area (TPSA) is 62.5 Å². The summed E-state index contributed by atoms with van der Waals surface area (Å²) in [7, 11) is 0. The van der Waals surface area contributed by atoms with Gasteiger partial charge in [0, 0.05) is 18.4 Å². The van der Waals surface area contributed by atoms with Gasteiger partial charge in [-0.1, -0.05) is 0 Å². The molecule has 0 aliphatic carbocycles. The van der Waals surface area contributed by atoms with Gasteiger partial charge in [-0.3, -0.25) is 14.2 Å². The molecular formula is C18H19FN2O3. The zero-order chi connectivity index (χ0) is 17.3. The van der Waals surface area contributed by atoms with E-state index < -0.39 is 11.4 Å². The van der Waals surface area contributed by atoms with Crippen LogP contribution in [0, 0.1) is 12.7 Å². The van der Waals surface area contributed by atoms with Crippen LogP contribution >= 0.6 is 0 Å². The van der Waals surface area contributed by atoms with Crippen molar-refractivity contribution in [2.24, 2.45) is 0 Å². The van der Waals surface area contributed by atoms with Crippen molar-refractivity contribution in [3.8, 4) is 5.69 Å². The van der Waals surface area contributed by atoms with Crippen LogP contribution < -0.4 is 5.56 Å². The molecule has 2 heterocycles. The minimum atomic E-state index is -0.435. The highest BCUT2D eigenvalue weighted by Crippen LogP contribution is 2.20. The van der Waals surface area contributed by atoms with E-state index in [1.807, 2.05) is 0 Å². The van der Waals surface area contributed by atoms with E-state index in [2.05, 4.69) is 0 Å². The predicted molar refractivity (Wildman–Crippen MR) is 87.9 cm³/mol. The molecule has 0 radical (unpaired) electrons. The molecule has 0 unspecified atom stereocenters. The van der Waals surface area contributed by atoms with Crippen LogP contribution in [-0.2, 0) is 0 Å². The van der Waals surface area contributed by atoms with Gasteiger partial charge in [0.1, 0.15) is 11.4 Å². The molecule has 0 spiro atoms. The van der Waals surface area contributed by atoms with E-state index in [4.69, 9.17) is 0 Å². The highest BCUT2D eigenvalue weighted by Gasteiger charge is 2.31. The van der Waals surface area contributed by atoms with E-state index in [9.17, 15) is 19.1 Å². The lowest BCUT2D eigenvalue weighted by atomic mass is 10.1. The van der Waals surface area contributed by atoms with E-state index in [0.29, 0.717) is 17.8 Å². The normalized spacial score (nSPS) is 17.3. The molecule has 1 saturated heterocycles. The average molecular weight is 330 g/mol. The summed E-state index contributed by atoms with van der Waals surface area (Å²) >= 11 is 0. The number of benzene rings is 1. The number of aliphatic hydroxyl groups is 1. The van der Waals surface area contributed by atoms with Crippen molar-refractivity contribution in [2.75, 3.05) is 13.2 Å². The smallest absolute Gasteiger partial charge is 0.268 e. The molecule has 1 fully saturated rings. The number of aromatic nitrogens is 1. The molecule has 1 aliphatic rings. The Labute approximate surface area is 139 Å². The van der Waals surface area contributed by atoms with E-state index in [1.165, 1.54) is 28.8 Å². The first kappa shape index (κ1) is 16.4. The maximum Gasteiger partial charge on any atom is 0.268 e. The summed E-state index contributed by atoms with van der Waals surface area (Å²) in [5.74, 6) is -0.747. The summed E-state index contributed by atoms with van der Waals surface area (Å²) in [5.41, 5.74) is 0.750. The lowest BCUT2D eigenvalue weighted by Crippen LogP contribution is -2.41. The molecule has 2 aromatic rings. The van der Waals surface area contributed by atoms with Crippen LogP contribution in [0.4, 0.5) is 4.39 Å². The van der Waals surface area contributed by atoms with Crippen molar-refractivity contribution < 1.29 is 14.3 Å². The Bertz CT molecular complexity index is 814. The molecule has 1 N–H and O–H groups in total. The van der Waals surface area contributed by atoms with Gasteiger partial charge in [0.25, 0.3) is 11.5 Å². The van der Waals surface area contributed by atoms with Crippen LogP contribution in [0.5, 0.6) is 0 Å². The number of rotatable bonds is 3. The second-order valence-electron chi connectivity index (χ2n) is 6.00. The summed E-state index contributed by atoms with van der Waals surface area (Å²) < 4.78 is 14.4. The number of aryl methyl sites for hydroxylation is 1. The van der Waals surface area contributed by atoms with Gasteiger partial charge >= 0.3 is 0 Å². The fraction of sp³-hybridized carbons (Fsp3) is 0.333. The lowest BCUT2D eigenvalue weighted by Gasteiger charge is -2.23. The highest BCUT2D eigenvalue weighted by atomic mass is 19.1. The minimum Gasteiger partial charge on any atom is -0.394 e. The van der Waals surface area contributed by atoms with Crippen molar-refractivity contribution >= 4 is 5.91 Å². The van der Waals surface area contributed by atoms with Gasteiger partial charge in [-0.15, -0.1) is 0 Å². The first-order valence-corrected chi connectivity index (χ1v) is 7.93. The molecule has 1 atom stereocenters. The third-order valence-corrected chi connectivity index (χ3v) is 4.47. The van der Waals surface area contributed by atoms with Crippen LogP contribution in [0.25, 0.3) is 5.69 Å². The Morgan fingerprint density at radius 2 is 2.00 bits per heavy atom. The van der Waals surface area contributed by atoms with Gasteiger partial charge in [-0.2, -0.15) is 0 Å². The van der Waals surface area contributed by atoms with Gasteiger partial charge in [0.05, 0.1) is 12.6 Å². The highest BCUT2D eigenvalue weighted by molar-refractivity contribution is 5.95. The zero-order valence-corrected chi connectivity index (χ0v) is 13.4. The maximum atomic E-state index is 13.1. The minimum absolute atomic E-state index is 0.0992. The largest absolute Gasteiger partial charge is 0.394 e. The monoisotopic (exact) mass is 330 g/mol. The second-order valence-corrected chi connectivity index (χ2v) is 6.00. The molecular weight excluding hydrogens is 311 g/mol. The van der Waals surface area contributed by atoms with Crippen LogP contribution in [0.2, 0.25) is 0 Å². The number of nitrogens with zero attached hydrogens (tertiary/aromatic N) is 2. The van der Waals surface area contributed by atoms with Crippen LogP contribution in [0.15, 0.2) is 41.3 Å². The van der Waals surface area contributed by atoms with Crippen molar-refractivity contribution in [1.82, 2.24) is 9.47 Å². The summed E-state index contributed by atoms with van der Waals surface area (Å²) in [6.07, 6.45) is 3.13. The summed E-state index contributed by atoms with van der Waals surface area (Å²) in [5, 5.41) is 9.42. The number of hydrogen-bond donors (Lipinski definition) is 1. The molecule has 1 amide bonds. The third-order valence-electron chi connectivity index (χ3n) is 4.47. The predicted octanol–water partition coefficient (Wildman–Crippen LogP) is 1.88. The van der Waals surface area contributed by atoms with Crippen molar-refractivity contribution in [3.63, 3.8) is 0 Å². The van der Waals surface area contributed by atoms with Gasteiger partial charge in [-0.05, 0) is 55.7 Å². The standard InChI is InChI=1S/C18H19FN2O3/c1-12-8-10-21(14-6-4-13(19)5-7-14)18(24)16(12)17(23)20-9-2-3-15(20)11-22/h4-8,10,15,22H,2-3,9,11H2,1H3/t15-/m0/s1. The van der Waals surface area contributed by atoms with Crippen LogP contribution in [-0.4, -0.2) is 39.7 Å². The van der Waals surface area contributed by atoms with E-state index in [0.717, 1.165) is 12.8 Å². The Morgan fingerprint density at radius 1 is 1.29 bits per heavy atom. The Balaban J connectivity index is 2.05. The molecule has 6 heteroatoms. The van der Waals surface area contributed by atoms with E-state index >= 15 is 0 Å². The van der Waals surface area contributed by atoms with Gasteiger partial charge < -0.3 is 10.0 Å². The van der Waals surface area contributed by atoms with Crippen molar-refractivity contribution in [2.45, 2.75) is 25.8 Å². The number of halogens is 1. The Kier molecular flexibility index (Phi) is 4.49.